The second-order valence-electron chi connectivity index (χ2n) is 6.02. The predicted molar refractivity (Wildman–Crippen MR) is 77.0 cm³/mol. The minimum Gasteiger partial charge on any atom is -0.379 e. The Morgan fingerprint density at radius 3 is 2.95 bits per heavy atom. The van der Waals surface area contributed by atoms with E-state index in [-0.39, 0.29) is 23.9 Å². The minimum absolute atomic E-state index is 0.0617. The lowest BCUT2D eigenvalue weighted by Crippen LogP contribution is -2.45. The van der Waals surface area contributed by atoms with Crippen molar-refractivity contribution in [3.05, 3.63) is 35.6 Å². The zero-order valence-corrected chi connectivity index (χ0v) is 12.4. The molecule has 1 N–H and O–H groups in total. The molecule has 2 saturated heterocycles. The molecule has 0 radical (unpaired) electrons. The van der Waals surface area contributed by atoms with E-state index in [1.54, 1.807) is 6.07 Å². The number of nitrogens with zero attached hydrogens (tertiary/aromatic N) is 1. The van der Waals surface area contributed by atoms with Crippen LogP contribution in [0.1, 0.15) is 38.4 Å². The quantitative estimate of drug-likeness (QED) is 0.929. The SMILES string of the molecule is CCC1(C)NC(c2cccc(F)c2)N(C2CCOC2)C1=O. The third kappa shape index (κ3) is 2.45. The summed E-state index contributed by atoms with van der Waals surface area (Å²) in [5.74, 6) is -0.204. The maximum absolute atomic E-state index is 13.5. The summed E-state index contributed by atoms with van der Waals surface area (Å²) in [6, 6.07) is 6.52. The molecule has 1 aromatic carbocycles. The lowest BCUT2D eigenvalue weighted by atomic mass is 9.99. The Hall–Kier alpha value is -1.46. The first-order valence-electron chi connectivity index (χ1n) is 7.49. The van der Waals surface area contributed by atoms with E-state index in [9.17, 15) is 9.18 Å². The molecule has 114 valence electrons. The number of hydrogen-bond donors (Lipinski definition) is 1. The summed E-state index contributed by atoms with van der Waals surface area (Å²) < 4.78 is 19.0. The van der Waals surface area contributed by atoms with Crippen LogP contribution in [0.4, 0.5) is 4.39 Å². The molecule has 2 aliphatic heterocycles. The zero-order chi connectivity index (χ0) is 15.0. The minimum atomic E-state index is -0.598. The van der Waals surface area contributed by atoms with Gasteiger partial charge < -0.3 is 9.64 Å². The molecule has 1 aromatic rings. The van der Waals surface area contributed by atoms with Crippen LogP contribution in [0.3, 0.4) is 0 Å². The van der Waals surface area contributed by atoms with Crippen LogP contribution in [0.2, 0.25) is 0 Å². The topological polar surface area (TPSA) is 41.6 Å². The van der Waals surface area contributed by atoms with E-state index in [1.165, 1.54) is 12.1 Å². The molecule has 5 heteroatoms. The Balaban J connectivity index is 1.97. The van der Waals surface area contributed by atoms with E-state index < -0.39 is 5.54 Å². The fraction of sp³-hybridized carbons (Fsp3) is 0.562. The van der Waals surface area contributed by atoms with Crippen LogP contribution in [0.25, 0.3) is 0 Å². The summed E-state index contributed by atoms with van der Waals surface area (Å²) in [4.78, 5) is 14.7. The van der Waals surface area contributed by atoms with Gasteiger partial charge in [0.05, 0.1) is 18.2 Å². The number of benzene rings is 1. The van der Waals surface area contributed by atoms with Crippen molar-refractivity contribution in [2.24, 2.45) is 0 Å². The largest absolute Gasteiger partial charge is 0.379 e. The monoisotopic (exact) mass is 292 g/mol. The molecule has 0 aliphatic carbocycles. The smallest absolute Gasteiger partial charge is 0.244 e. The molecule has 0 spiro atoms. The maximum Gasteiger partial charge on any atom is 0.244 e. The standard InChI is InChI=1S/C16H21FN2O2/c1-3-16(2)15(20)19(13-7-8-21-10-13)14(18-16)11-5-4-6-12(17)9-11/h4-6,9,13-14,18H,3,7-8,10H2,1-2H3. The number of rotatable bonds is 3. The van der Waals surface area contributed by atoms with Gasteiger partial charge >= 0.3 is 0 Å². The maximum atomic E-state index is 13.5. The van der Waals surface area contributed by atoms with Crippen LogP contribution in [0.15, 0.2) is 24.3 Å². The number of nitrogens with one attached hydrogen (secondary N) is 1. The molecule has 0 aromatic heterocycles. The summed E-state index contributed by atoms with van der Waals surface area (Å²) in [6.45, 7) is 5.13. The number of halogens is 1. The average molecular weight is 292 g/mol. The van der Waals surface area contributed by atoms with Crippen LogP contribution in [-0.4, -0.2) is 35.6 Å². The van der Waals surface area contributed by atoms with Crippen molar-refractivity contribution in [3.8, 4) is 0 Å². The molecule has 2 fully saturated rings. The van der Waals surface area contributed by atoms with Gasteiger partial charge in [0, 0.05) is 6.61 Å². The van der Waals surface area contributed by atoms with Gasteiger partial charge in [-0.25, -0.2) is 4.39 Å². The molecule has 21 heavy (non-hydrogen) atoms. The van der Waals surface area contributed by atoms with E-state index >= 15 is 0 Å². The van der Waals surface area contributed by atoms with Crippen LogP contribution in [0.5, 0.6) is 0 Å². The molecule has 0 bridgehead atoms. The van der Waals surface area contributed by atoms with Crippen molar-refractivity contribution < 1.29 is 13.9 Å². The molecular weight excluding hydrogens is 271 g/mol. The van der Waals surface area contributed by atoms with Gasteiger partial charge in [-0.15, -0.1) is 0 Å². The highest BCUT2D eigenvalue weighted by Gasteiger charge is 2.50. The van der Waals surface area contributed by atoms with Gasteiger partial charge in [-0.1, -0.05) is 19.1 Å². The predicted octanol–water partition coefficient (Wildman–Crippen LogP) is 2.21. The molecule has 3 unspecified atom stereocenters. The van der Waals surface area contributed by atoms with Gasteiger partial charge in [0.2, 0.25) is 5.91 Å². The molecule has 1 amide bonds. The summed E-state index contributed by atoms with van der Waals surface area (Å²) >= 11 is 0. The van der Waals surface area contributed by atoms with Crippen molar-refractivity contribution in [2.45, 2.75) is 44.4 Å². The molecule has 4 nitrogen and oxygen atoms in total. The molecular formula is C16H21FN2O2. The Kier molecular flexibility index (Phi) is 3.71. The average Bonchev–Trinajstić information content (AvgIpc) is 3.07. The van der Waals surface area contributed by atoms with Crippen molar-refractivity contribution in [3.63, 3.8) is 0 Å². The number of carbonyl (C=O) groups is 1. The van der Waals surface area contributed by atoms with Crippen molar-refractivity contribution >= 4 is 5.91 Å². The Labute approximate surface area is 124 Å². The lowest BCUT2D eigenvalue weighted by Gasteiger charge is -2.29. The Morgan fingerprint density at radius 2 is 2.33 bits per heavy atom. The summed E-state index contributed by atoms with van der Waals surface area (Å²) in [7, 11) is 0. The molecule has 3 rings (SSSR count). The summed E-state index contributed by atoms with van der Waals surface area (Å²) in [5, 5.41) is 3.39. The zero-order valence-electron chi connectivity index (χ0n) is 12.4. The van der Waals surface area contributed by atoms with Crippen LogP contribution < -0.4 is 5.32 Å². The highest BCUT2D eigenvalue weighted by atomic mass is 19.1. The molecule has 0 saturated carbocycles. The van der Waals surface area contributed by atoms with E-state index in [1.807, 2.05) is 24.8 Å². The van der Waals surface area contributed by atoms with E-state index in [4.69, 9.17) is 4.74 Å². The van der Waals surface area contributed by atoms with Gasteiger partial charge in [0.15, 0.2) is 0 Å². The van der Waals surface area contributed by atoms with Crippen molar-refractivity contribution in [2.75, 3.05) is 13.2 Å². The van der Waals surface area contributed by atoms with Crippen molar-refractivity contribution in [1.82, 2.24) is 10.2 Å². The molecule has 3 atom stereocenters. The summed E-state index contributed by atoms with van der Waals surface area (Å²) in [5.41, 5.74) is 0.187. The second-order valence-corrected chi connectivity index (χ2v) is 6.02. The Morgan fingerprint density at radius 1 is 1.52 bits per heavy atom. The van der Waals surface area contributed by atoms with Crippen LogP contribution in [-0.2, 0) is 9.53 Å². The molecule has 2 aliphatic rings. The first-order chi connectivity index (χ1) is 10.0. The van der Waals surface area contributed by atoms with E-state index in [2.05, 4.69) is 5.32 Å². The van der Waals surface area contributed by atoms with Gasteiger partial charge in [0.1, 0.15) is 12.0 Å². The third-order valence-corrected chi connectivity index (χ3v) is 4.61. The first-order valence-corrected chi connectivity index (χ1v) is 7.49. The van der Waals surface area contributed by atoms with E-state index in [0.29, 0.717) is 19.6 Å². The third-order valence-electron chi connectivity index (χ3n) is 4.61. The molecule has 2 heterocycles. The number of carbonyl (C=O) groups excluding carboxylic acids is 1. The number of hydrogen-bond acceptors (Lipinski definition) is 3. The van der Waals surface area contributed by atoms with Crippen LogP contribution >= 0.6 is 0 Å². The number of ether oxygens (including phenoxy) is 1. The second kappa shape index (κ2) is 5.39. The summed E-state index contributed by atoms with van der Waals surface area (Å²) in [6.07, 6.45) is 1.24. The normalized spacial score (nSPS) is 32.9. The van der Waals surface area contributed by atoms with Gasteiger partial charge in [0.25, 0.3) is 0 Å². The van der Waals surface area contributed by atoms with Crippen molar-refractivity contribution in [1.29, 1.82) is 0 Å². The fourth-order valence-electron chi connectivity index (χ4n) is 3.13. The van der Waals surface area contributed by atoms with Crippen LogP contribution in [0, 0.1) is 5.82 Å². The first kappa shape index (κ1) is 14.5. The van der Waals surface area contributed by atoms with Gasteiger partial charge in [-0.3, -0.25) is 10.1 Å². The van der Waals surface area contributed by atoms with Gasteiger partial charge in [-0.05, 0) is 37.5 Å². The Bertz CT molecular complexity index is 545. The number of amides is 1. The fourth-order valence-corrected chi connectivity index (χ4v) is 3.13. The van der Waals surface area contributed by atoms with E-state index in [0.717, 1.165) is 12.0 Å². The highest BCUT2D eigenvalue weighted by molar-refractivity contribution is 5.89. The highest BCUT2D eigenvalue weighted by Crippen LogP contribution is 2.36. The van der Waals surface area contributed by atoms with Gasteiger partial charge in [-0.2, -0.15) is 0 Å². The lowest BCUT2D eigenvalue weighted by molar-refractivity contribution is -0.135.